The van der Waals surface area contributed by atoms with Crippen LogP contribution in [0.15, 0.2) is 70.1 Å². The van der Waals surface area contributed by atoms with Gasteiger partial charge in [-0.2, -0.15) is 4.31 Å². The van der Waals surface area contributed by atoms with Crippen molar-refractivity contribution < 1.29 is 23.1 Å². The molecule has 1 fully saturated rings. The molecule has 1 amide bonds. The van der Waals surface area contributed by atoms with E-state index in [2.05, 4.69) is 35.0 Å². The monoisotopic (exact) mass is 674 g/mol. The normalized spacial score (nSPS) is 16.3. The molecular formula is C34H47BrN2O5S. The van der Waals surface area contributed by atoms with E-state index in [9.17, 15) is 23.1 Å². The number of amides is 1. The van der Waals surface area contributed by atoms with Gasteiger partial charge in [0, 0.05) is 17.6 Å². The van der Waals surface area contributed by atoms with Crippen molar-refractivity contribution in [3.05, 3.63) is 65.2 Å². The third-order valence-electron chi connectivity index (χ3n) is 8.00. The van der Waals surface area contributed by atoms with E-state index in [1.807, 2.05) is 24.3 Å². The highest BCUT2D eigenvalue weighted by atomic mass is 79.9. The number of aliphatic carboxylic acids is 1. The molecule has 1 N–H and O–H groups in total. The second-order valence-electron chi connectivity index (χ2n) is 11.4. The summed E-state index contributed by atoms with van der Waals surface area (Å²) in [5.74, 6) is -1.61. The molecule has 0 radical (unpaired) electrons. The lowest BCUT2D eigenvalue weighted by molar-refractivity contribution is -0.148. The van der Waals surface area contributed by atoms with Gasteiger partial charge in [0.25, 0.3) is 0 Å². The van der Waals surface area contributed by atoms with Gasteiger partial charge in [0.05, 0.1) is 11.4 Å². The minimum atomic E-state index is -4.18. The molecule has 1 aliphatic rings. The van der Waals surface area contributed by atoms with Crippen LogP contribution in [-0.2, 0) is 19.6 Å². The van der Waals surface area contributed by atoms with Crippen molar-refractivity contribution in [1.82, 2.24) is 9.21 Å². The second-order valence-corrected chi connectivity index (χ2v) is 14.2. The number of nitrogens with zero attached hydrogens (tertiary/aromatic N) is 2. The Bertz CT molecular complexity index is 1280. The van der Waals surface area contributed by atoms with Crippen LogP contribution in [0.3, 0.4) is 0 Å². The van der Waals surface area contributed by atoms with Crippen LogP contribution < -0.4 is 0 Å². The van der Waals surface area contributed by atoms with Gasteiger partial charge >= 0.3 is 5.97 Å². The summed E-state index contributed by atoms with van der Waals surface area (Å²) in [5.41, 5.74) is 1.76. The molecule has 0 aromatic heterocycles. The maximum Gasteiger partial charge on any atom is 0.323 e. The van der Waals surface area contributed by atoms with Gasteiger partial charge in [0.1, 0.15) is 6.04 Å². The number of rotatable bonds is 19. The maximum atomic E-state index is 13.4. The first-order valence-corrected chi connectivity index (χ1v) is 18.0. The predicted octanol–water partition coefficient (Wildman–Crippen LogP) is 8.05. The number of piperazine rings is 1. The summed E-state index contributed by atoms with van der Waals surface area (Å²) < 4.78 is 28.6. The SMILES string of the molecule is CCCCCCC/C=C/CCCCCCCCN1CC(C(=O)O)N(S(=O)(=O)c2ccc(-c3ccc(Br)cc3)cc2)CC1=O. The quantitative estimate of drug-likeness (QED) is 0.120. The number of carbonyl (C=O) groups excluding carboxylic acids is 1. The molecule has 1 unspecified atom stereocenters. The van der Waals surface area contributed by atoms with Crippen LogP contribution in [-0.4, -0.2) is 60.3 Å². The van der Waals surface area contributed by atoms with E-state index in [4.69, 9.17) is 0 Å². The summed E-state index contributed by atoms with van der Waals surface area (Å²) in [4.78, 5) is 26.5. The van der Waals surface area contributed by atoms with Gasteiger partial charge in [0.15, 0.2) is 0 Å². The summed E-state index contributed by atoms with van der Waals surface area (Å²) >= 11 is 3.40. The number of halogens is 1. The highest BCUT2D eigenvalue weighted by Crippen LogP contribution is 2.27. The van der Waals surface area contributed by atoms with Crippen LogP contribution >= 0.6 is 15.9 Å². The summed E-state index contributed by atoms with van der Waals surface area (Å²) in [6, 6.07) is 12.6. The summed E-state index contributed by atoms with van der Waals surface area (Å²) in [7, 11) is -4.18. The van der Waals surface area contributed by atoms with Gasteiger partial charge < -0.3 is 10.0 Å². The molecule has 0 saturated carbocycles. The van der Waals surface area contributed by atoms with Crippen molar-refractivity contribution in [3.8, 4) is 11.1 Å². The fourth-order valence-corrected chi connectivity index (χ4v) is 7.17. The van der Waals surface area contributed by atoms with E-state index < -0.39 is 28.6 Å². The zero-order valence-corrected chi connectivity index (χ0v) is 27.8. The molecule has 7 nitrogen and oxygen atoms in total. The Hall–Kier alpha value is -2.49. The Labute approximate surface area is 266 Å². The molecule has 3 rings (SSSR count). The molecule has 1 heterocycles. The standard InChI is InChI=1S/C34H47BrN2O5S/c1-2-3-4-5-6-7-8-9-10-11-12-13-14-15-16-25-36-26-32(34(39)40)37(27-33(36)38)43(41,42)31-23-19-29(20-24-31)28-17-21-30(35)22-18-28/h8-9,17-24,32H,2-7,10-16,25-27H2,1H3,(H,39,40)/b9-8+. The van der Waals surface area contributed by atoms with Gasteiger partial charge in [-0.25, -0.2) is 8.42 Å². The first-order valence-electron chi connectivity index (χ1n) is 15.8. The zero-order valence-electron chi connectivity index (χ0n) is 25.4. The van der Waals surface area contributed by atoms with Gasteiger partial charge in [-0.15, -0.1) is 0 Å². The molecule has 43 heavy (non-hydrogen) atoms. The molecular weight excluding hydrogens is 628 g/mol. The van der Waals surface area contributed by atoms with E-state index in [1.165, 1.54) is 68.4 Å². The largest absolute Gasteiger partial charge is 0.480 e. The molecule has 236 valence electrons. The van der Waals surface area contributed by atoms with Crippen LogP contribution in [0.1, 0.15) is 90.4 Å². The fraction of sp³-hybridized carbons (Fsp3) is 0.529. The lowest BCUT2D eigenvalue weighted by Gasteiger charge is -2.38. The molecule has 1 saturated heterocycles. The number of hydrogen-bond acceptors (Lipinski definition) is 4. The summed E-state index contributed by atoms with van der Waals surface area (Å²) in [5, 5.41) is 9.89. The van der Waals surface area contributed by atoms with Crippen LogP contribution in [0.5, 0.6) is 0 Å². The number of benzene rings is 2. The number of hydrogen-bond donors (Lipinski definition) is 1. The highest BCUT2D eigenvalue weighted by Gasteiger charge is 2.43. The molecule has 0 bridgehead atoms. The number of sulfonamides is 1. The molecule has 2 aromatic rings. The van der Waals surface area contributed by atoms with Crippen LogP contribution in [0.25, 0.3) is 11.1 Å². The average Bonchev–Trinajstić information content (AvgIpc) is 3.00. The summed E-state index contributed by atoms with van der Waals surface area (Å²) in [6.07, 6.45) is 19.9. The third-order valence-corrected chi connectivity index (χ3v) is 10.4. The third kappa shape index (κ3) is 11.2. The molecule has 2 aromatic carbocycles. The molecule has 1 aliphatic heterocycles. The minimum absolute atomic E-state index is 0.0289. The van der Waals surface area contributed by atoms with E-state index in [0.29, 0.717) is 6.54 Å². The Morgan fingerprint density at radius 1 is 0.837 bits per heavy atom. The van der Waals surface area contributed by atoms with E-state index in [1.54, 1.807) is 12.1 Å². The smallest absolute Gasteiger partial charge is 0.323 e. The lowest BCUT2D eigenvalue weighted by Crippen LogP contribution is -2.60. The van der Waals surface area contributed by atoms with Crippen molar-refractivity contribution in [2.75, 3.05) is 19.6 Å². The Kier molecular flexibility index (Phi) is 14.9. The number of allylic oxidation sites excluding steroid dienone is 2. The fourth-order valence-electron chi connectivity index (χ4n) is 5.39. The highest BCUT2D eigenvalue weighted by molar-refractivity contribution is 9.10. The zero-order chi connectivity index (χ0) is 31.1. The van der Waals surface area contributed by atoms with Crippen molar-refractivity contribution >= 4 is 37.8 Å². The van der Waals surface area contributed by atoms with Gasteiger partial charge in [-0.3, -0.25) is 9.59 Å². The van der Waals surface area contributed by atoms with Crippen molar-refractivity contribution in [2.24, 2.45) is 0 Å². The number of carboxylic acids is 1. The van der Waals surface area contributed by atoms with Crippen LogP contribution in [0, 0.1) is 0 Å². The average molecular weight is 676 g/mol. The van der Waals surface area contributed by atoms with Crippen molar-refractivity contribution in [2.45, 2.75) is 101 Å². The molecule has 9 heteroatoms. The first-order chi connectivity index (χ1) is 20.7. The number of carbonyl (C=O) groups is 2. The van der Waals surface area contributed by atoms with E-state index in [0.717, 1.165) is 52.0 Å². The van der Waals surface area contributed by atoms with Crippen molar-refractivity contribution in [1.29, 1.82) is 0 Å². The van der Waals surface area contributed by atoms with E-state index >= 15 is 0 Å². The Morgan fingerprint density at radius 3 is 1.91 bits per heavy atom. The lowest BCUT2D eigenvalue weighted by atomic mass is 10.1. The molecule has 0 spiro atoms. The second kappa shape index (κ2) is 18.3. The predicted molar refractivity (Wildman–Crippen MR) is 176 cm³/mol. The number of carboxylic acid groups (broad SMARTS) is 1. The van der Waals surface area contributed by atoms with Crippen LogP contribution in [0.4, 0.5) is 0 Å². The minimum Gasteiger partial charge on any atom is -0.480 e. The molecule has 1 atom stereocenters. The number of unbranched alkanes of at least 4 members (excludes halogenated alkanes) is 11. The van der Waals surface area contributed by atoms with Gasteiger partial charge in [0.2, 0.25) is 15.9 Å². The van der Waals surface area contributed by atoms with E-state index in [-0.39, 0.29) is 17.3 Å². The summed E-state index contributed by atoms with van der Waals surface area (Å²) in [6.45, 7) is 2.07. The van der Waals surface area contributed by atoms with Crippen LogP contribution in [0.2, 0.25) is 0 Å². The Balaban J connectivity index is 1.41. The van der Waals surface area contributed by atoms with Gasteiger partial charge in [-0.05, 0) is 67.5 Å². The van der Waals surface area contributed by atoms with Gasteiger partial charge in [-0.1, -0.05) is 111 Å². The Morgan fingerprint density at radius 2 is 1.35 bits per heavy atom. The topological polar surface area (TPSA) is 95.0 Å². The maximum absolute atomic E-state index is 13.4. The van der Waals surface area contributed by atoms with Crippen molar-refractivity contribution in [3.63, 3.8) is 0 Å². The first kappa shape index (κ1) is 35.0. The molecule has 0 aliphatic carbocycles.